The molecular formula is C27H31ClN4O2S. The number of rotatable bonds is 10. The highest BCUT2D eigenvalue weighted by Gasteiger charge is 2.22. The molecular weight excluding hydrogens is 480 g/mol. The van der Waals surface area contributed by atoms with E-state index >= 15 is 0 Å². The summed E-state index contributed by atoms with van der Waals surface area (Å²) in [5, 5.41) is 5.87. The number of aryl methyl sites for hydroxylation is 3. The normalized spacial score (nSPS) is 11.2. The van der Waals surface area contributed by atoms with E-state index in [9.17, 15) is 4.79 Å². The second-order valence-corrected chi connectivity index (χ2v) is 10.2. The first-order valence-electron chi connectivity index (χ1n) is 12.0. The fourth-order valence-corrected chi connectivity index (χ4v) is 5.47. The zero-order valence-corrected chi connectivity index (χ0v) is 22.2. The standard InChI is InChI=1S/C27H31ClN4O2S/c1-5-6-7-14-34-23-10-8-21(9-11-23)26(33)31(12-13-32-20(4)16-19(3)30-32)27-29-25-18(2)15-22(28)17-24(25)35-27/h8-11,15-17H,5-7,12-14H2,1-4H3. The summed E-state index contributed by atoms with van der Waals surface area (Å²) in [4.78, 5) is 20.3. The molecule has 0 unspecified atom stereocenters. The van der Waals surface area contributed by atoms with Gasteiger partial charge >= 0.3 is 0 Å². The third kappa shape index (κ3) is 6.03. The monoisotopic (exact) mass is 510 g/mol. The van der Waals surface area contributed by atoms with Gasteiger partial charge in [-0.05, 0) is 75.2 Å². The summed E-state index contributed by atoms with van der Waals surface area (Å²) < 4.78 is 8.71. The number of nitrogens with zero attached hydrogens (tertiary/aromatic N) is 4. The minimum absolute atomic E-state index is 0.105. The number of ether oxygens (including phenoxy) is 1. The molecule has 0 aliphatic carbocycles. The summed E-state index contributed by atoms with van der Waals surface area (Å²) in [6.07, 6.45) is 3.33. The second kappa shape index (κ2) is 11.2. The predicted molar refractivity (Wildman–Crippen MR) is 144 cm³/mol. The quantitative estimate of drug-likeness (QED) is 0.216. The van der Waals surface area contributed by atoms with Crippen LogP contribution in [0.4, 0.5) is 5.13 Å². The molecule has 6 nitrogen and oxygen atoms in total. The zero-order valence-electron chi connectivity index (χ0n) is 20.7. The molecule has 4 rings (SSSR count). The van der Waals surface area contributed by atoms with Crippen molar-refractivity contribution in [3.8, 4) is 5.75 Å². The van der Waals surface area contributed by atoms with E-state index < -0.39 is 0 Å². The van der Waals surface area contributed by atoms with Crippen molar-refractivity contribution in [2.45, 2.75) is 53.5 Å². The van der Waals surface area contributed by atoms with Crippen LogP contribution < -0.4 is 9.64 Å². The molecule has 2 aromatic heterocycles. The van der Waals surface area contributed by atoms with Crippen LogP contribution in [-0.2, 0) is 6.54 Å². The van der Waals surface area contributed by atoms with E-state index in [2.05, 4.69) is 12.0 Å². The Labute approximate surface area is 215 Å². The number of unbranched alkanes of at least 4 members (excludes halogenated alkanes) is 2. The first kappa shape index (κ1) is 25.2. The van der Waals surface area contributed by atoms with E-state index in [0.717, 1.165) is 52.2 Å². The Morgan fingerprint density at radius 1 is 1.11 bits per heavy atom. The van der Waals surface area contributed by atoms with Gasteiger partial charge in [0, 0.05) is 22.8 Å². The van der Waals surface area contributed by atoms with Gasteiger partial charge in [-0.1, -0.05) is 42.7 Å². The van der Waals surface area contributed by atoms with E-state index in [-0.39, 0.29) is 5.91 Å². The van der Waals surface area contributed by atoms with Gasteiger partial charge in [-0.2, -0.15) is 5.10 Å². The van der Waals surface area contributed by atoms with E-state index in [1.165, 1.54) is 11.3 Å². The van der Waals surface area contributed by atoms with Gasteiger partial charge in [0.05, 0.1) is 29.1 Å². The number of carbonyl (C=O) groups excluding carboxylic acids is 1. The highest BCUT2D eigenvalue weighted by Crippen LogP contribution is 2.33. The molecule has 0 fully saturated rings. The average molecular weight is 511 g/mol. The van der Waals surface area contributed by atoms with Crippen LogP contribution >= 0.6 is 22.9 Å². The van der Waals surface area contributed by atoms with Crippen LogP contribution in [0.25, 0.3) is 10.2 Å². The minimum atomic E-state index is -0.105. The highest BCUT2D eigenvalue weighted by molar-refractivity contribution is 7.22. The molecule has 184 valence electrons. The summed E-state index contributed by atoms with van der Waals surface area (Å²) in [6.45, 7) is 9.85. The van der Waals surface area contributed by atoms with Gasteiger partial charge < -0.3 is 4.74 Å². The number of halogens is 1. The van der Waals surface area contributed by atoms with Gasteiger partial charge in [0.1, 0.15) is 5.75 Å². The Morgan fingerprint density at radius 3 is 2.57 bits per heavy atom. The molecule has 0 saturated heterocycles. The van der Waals surface area contributed by atoms with Gasteiger partial charge in [0.2, 0.25) is 0 Å². The lowest BCUT2D eigenvalue weighted by atomic mass is 10.2. The zero-order chi connectivity index (χ0) is 24.9. The SMILES string of the molecule is CCCCCOc1ccc(C(=O)N(CCn2nc(C)cc2C)c2nc3c(C)cc(Cl)cc3s2)cc1. The molecule has 1 amide bonds. The number of aromatic nitrogens is 3. The van der Waals surface area contributed by atoms with Crippen molar-refractivity contribution in [3.05, 3.63) is 70.0 Å². The smallest absolute Gasteiger partial charge is 0.260 e. The molecule has 35 heavy (non-hydrogen) atoms. The van der Waals surface area contributed by atoms with Crippen molar-refractivity contribution in [3.63, 3.8) is 0 Å². The van der Waals surface area contributed by atoms with Crippen molar-refractivity contribution in [1.29, 1.82) is 0 Å². The van der Waals surface area contributed by atoms with Crippen molar-refractivity contribution in [2.24, 2.45) is 0 Å². The number of anilines is 1. The molecule has 0 aliphatic rings. The Kier molecular flexibility index (Phi) is 8.08. The summed E-state index contributed by atoms with van der Waals surface area (Å²) in [5.74, 6) is 0.670. The maximum atomic E-state index is 13.7. The molecule has 0 bridgehead atoms. The van der Waals surface area contributed by atoms with Crippen molar-refractivity contribution in [1.82, 2.24) is 14.8 Å². The Balaban J connectivity index is 1.60. The molecule has 0 saturated carbocycles. The van der Waals surface area contributed by atoms with Crippen LogP contribution in [0, 0.1) is 20.8 Å². The fourth-order valence-electron chi connectivity index (χ4n) is 4.03. The number of amides is 1. The van der Waals surface area contributed by atoms with E-state index in [1.807, 2.05) is 67.9 Å². The summed E-state index contributed by atoms with van der Waals surface area (Å²) in [6, 6.07) is 13.2. The molecule has 0 spiro atoms. The lowest BCUT2D eigenvalue weighted by molar-refractivity contribution is 0.0985. The van der Waals surface area contributed by atoms with Crippen LogP contribution in [-0.4, -0.2) is 33.8 Å². The van der Waals surface area contributed by atoms with Gasteiger partial charge in [0.25, 0.3) is 5.91 Å². The number of carbonyl (C=O) groups is 1. The number of fused-ring (bicyclic) bond motifs is 1. The first-order valence-corrected chi connectivity index (χ1v) is 13.2. The Bertz CT molecular complexity index is 1310. The Hall–Kier alpha value is -2.90. The third-order valence-electron chi connectivity index (χ3n) is 5.87. The van der Waals surface area contributed by atoms with Gasteiger partial charge in [-0.15, -0.1) is 0 Å². The highest BCUT2D eigenvalue weighted by atomic mass is 35.5. The molecule has 0 radical (unpaired) electrons. The number of thiazole rings is 1. The lowest BCUT2D eigenvalue weighted by Crippen LogP contribution is -2.34. The molecule has 2 aromatic carbocycles. The average Bonchev–Trinajstić information content (AvgIpc) is 3.39. The van der Waals surface area contributed by atoms with Crippen molar-refractivity contribution >= 4 is 44.2 Å². The summed E-state index contributed by atoms with van der Waals surface area (Å²) in [5.41, 5.74) is 4.47. The number of hydrogen-bond donors (Lipinski definition) is 0. The third-order valence-corrected chi connectivity index (χ3v) is 7.12. The van der Waals surface area contributed by atoms with Gasteiger partial charge in [-0.25, -0.2) is 4.98 Å². The summed E-state index contributed by atoms with van der Waals surface area (Å²) >= 11 is 7.75. The molecule has 0 aliphatic heterocycles. The van der Waals surface area contributed by atoms with E-state index in [0.29, 0.717) is 35.4 Å². The molecule has 0 N–H and O–H groups in total. The first-order chi connectivity index (χ1) is 16.9. The van der Waals surface area contributed by atoms with Crippen molar-refractivity contribution in [2.75, 3.05) is 18.1 Å². The number of benzene rings is 2. The molecule has 2 heterocycles. The molecule has 0 atom stereocenters. The molecule has 8 heteroatoms. The van der Waals surface area contributed by atoms with Crippen LogP contribution in [0.3, 0.4) is 0 Å². The maximum Gasteiger partial charge on any atom is 0.260 e. The minimum Gasteiger partial charge on any atom is -0.494 e. The van der Waals surface area contributed by atoms with Crippen molar-refractivity contribution < 1.29 is 9.53 Å². The lowest BCUT2D eigenvalue weighted by Gasteiger charge is -2.20. The predicted octanol–water partition coefficient (Wildman–Crippen LogP) is 6.99. The topological polar surface area (TPSA) is 60.2 Å². The molecule has 4 aromatic rings. The second-order valence-electron chi connectivity index (χ2n) is 8.75. The van der Waals surface area contributed by atoms with E-state index in [1.54, 1.807) is 4.90 Å². The van der Waals surface area contributed by atoms with Crippen LogP contribution in [0.1, 0.15) is 53.5 Å². The maximum absolute atomic E-state index is 13.7. The van der Waals surface area contributed by atoms with E-state index in [4.69, 9.17) is 21.3 Å². The van der Waals surface area contributed by atoms with Crippen LogP contribution in [0.5, 0.6) is 5.75 Å². The van der Waals surface area contributed by atoms with Gasteiger partial charge in [0.15, 0.2) is 5.13 Å². The Morgan fingerprint density at radius 2 is 1.89 bits per heavy atom. The summed E-state index contributed by atoms with van der Waals surface area (Å²) in [7, 11) is 0. The van der Waals surface area contributed by atoms with Gasteiger partial charge in [-0.3, -0.25) is 14.4 Å². The largest absolute Gasteiger partial charge is 0.494 e. The van der Waals surface area contributed by atoms with Crippen LogP contribution in [0.2, 0.25) is 5.02 Å². The van der Waals surface area contributed by atoms with Crippen LogP contribution in [0.15, 0.2) is 42.5 Å². The number of hydrogen-bond acceptors (Lipinski definition) is 5. The fraction of sp³-hybridized carbons (Fsp3) is 0.370.